The van der Waals surface area contributed by atoms with Crippen LogP contribution in [0.4, 0.5) is 0 Å². The SMILES string of the molecule is CCOP(=O)(OCC)OCc1ccc2c(c1)OCO2. The zero-order valence-electron chi connectivity index (χ0n) is 11.0. The average molecular weight is 288 g/mol. The van der Waals surface area contributed by atoms with Crippen LogP contribution in [0.2, 0.25) is 0 Å². The summed E-state index contributed by atoms with van der Waals surface area (Å²) in [6.07, 6.45) is 0. The molecule has 0 spiro atoms. The summed E-state index contributed by atoms with van der Waals surface area (Å²) >= 11 is 0. The lowest BCUT2D eigenvalue weighted by molar-refractivity contribution is 0.116. The van der Waals surface area contributed by atoms with Gasteiger partial charge < -0.3 is 9.47 Å². The summed E-state index contributed by atoms with van der Waals surface area (Å²) in [6.45, 7) is 4.33. The molecule has 0 saturated carbocycles. The van der Waals surface area contributed by atoms with E-state index < -0.39 is 7.82 Å². The molecular formula is C12H17O6P. The standard InChI is InChI=1S/C12H17O6P/c1-3-16-19(13,17-4-2)18-8-10-5-6-11-12(7-10)15-9-14-11/h5-7H,3-4,8-9H2,1-2H3. The molecule has 2 rings (SSSR count). The van der Waals surface area contributed by atoms with Crippen molar-refractivity contribution in [2.45, 2.75) is 20.5 Å². The second kappa shape index (κ2) is 6.39. The first-order valence-corrected chi connectivity index (χ1v) is 7.55. The number of phosphoric ester groups is 1. The topological polar surface area (TPSA) is 63.2 Å². The van der Waals surface area contributed by atoms with Crippen molar-refractivity contribution in [2.24, 2.45) is 0 Å². The number of phosphoric acid groups is 1. The highest BCUT2D eigenvalue weighted by molar-refractivity contribution is 7.48. The molecule has 0 fully saturated rings. The van der Waals surface area contributed by atoms with Gasteiger partial charge in [-0.05, 0) is 31.5 Å². The second-order valence-electron chi connectivity index (χ2n) is 3.74. The van der Waals surface area contributed by atoms with Gasteiger partial charge in [-0.2, -0.15) is 0 Å². The molecule has 0 radical (unpaired) electrons. The van der Waals surface area contributed by atoms with Crippen LogP contribution in [0.15, 0.2) is 18.2 Å². The van der Waals surface area contributed by atoms with E-state index in [4.69, 9.17) is 23.0 Å². The molecule has 0 atom stereocenters. The van der Waals surface area contributed by atoms with Gasteiger partial charge in [0.25, 0.3) is 0 Å². The highest BCUT2D eigenvalue weighted by Crippen LogP contribution is 2.50. The number of benzene rings is 1. The molecule has 106 valence electrons. The summed E-state index contributed by atoms with van der Waals surface area (Å²) in [5.74, 6) is 1.35. The smallest absolute Gasteiger partial charge is 0.454 e. The Kier molecular flexibility index (Phi) is 4.82. The fourth-order valence-electron chi connectivity index (χ4n) is 1.61. The van der Waals surface area contributed by atoms with Gasteiger partial charge in [0.1, 0.15) is 0 Å². The molecule has 1 aromatic carbocycles. The Bertz CT molecular complexity index is 465. The summed E-state index contributed by atoms with van der Waals surface area (Å²) in [4.78, 5) is 0. The minimum Gasteiger partial charge on any atom is -0.454 e. The summed E-state index contributed by atoms with van der Waals surface area (Å²) in [6, 6.07) is 5.38. The molecule has 0 unspecified atom stereocenters. The minimum absolute atomic E-state index is 0.119. The van der Waals surface area contributed by atoms with Gasteiger partial charge in [-0.3, -0.25) is 13.6 Å². The molecule has 1 aliphatic rings. The monoisotopic (exact) mass is 288 g/mol. The lowest BCUT2D eigenvalue weighted by Crippen LogP contribution is -2.00. The molecule has 6 nitrogen and oxygen atoms in total. The van der Waals surface area contributed by atoms with E-state index in [0.717, 1.165) is 5.56 Å². The van der Waals surface area contributed by atoms with Crippen molar-refractivity contribution in [2.75, 3.05) is 20.0 Å². The number of hydrogen-bond acceptors (Lipinski definition) is 6. The number of hydrogen-bond donors (Lipinski definition) is 0. The normalized spacial score (nSPS) is 13.8. The third-order valence-electron chi connectivity index (χ3n) is 2.40. The van der Waals surface area contributed by atoms with Crippen molar-refractivity contribution in [3.8, 4) is 11.5 Å². The van der Waals surface area contributed by atoms with E-state index in [1.165, 1.54) is 0 Å². The van der Waals surface area contributed by atoms with Crippen LogP contribution in [0, 0.1) is 0 Å². The lowest BCUT2D eigenvalue weighted by atomic mass is 10.2. The van der Waals surface area contributed by atoms with Crippen molar-refractivity contribution in [3.05, 3.63) is 23.8 Å². The van der Waals surface area contributed by atoms with Gasteiger partial charge in [-0.25, -0.2) is 4.57 Å². The highest BCUT2D eigenvalue weighted by Gasteiger charge is 2.25. The first kappa shape index (κ1) is 14.3. The molecule has 0 aromatic heterocycles. The van der Waals surface area contributed by atoms with E-state index in [-0.39, 0.29) is 26.6 Å². The molecule has 0 N–H and O–H groups in total. The van der Waals surface area contributed by atoms with E-state index in [0.29, 0.717) is 11.5 Å². The van der Waals surface area contributed by atoms with Crippen LogP contribution >= 0.6 is 7.82 Å². The first-order chi connectivity index (χ1) is 9.17. The summed E-state index contributed by atoms with van der Waals surface area (Å²) < 4.78 is 37.9. The van der Waals surface area contributed by atoms with Gasteiger partial charge in [0, 0.05) is 0 Å². The Hall–Kier alpha value is -1.07. The molecule has 7 heteroatoms. The zero-order valence-corrected chi connectivity index (χ0v) is 11.9. The Morgan fingerprint density at radius 3 is 2.47 bits per heavy atom. The third-order valence-corrected chi connectivity index (χ3v) is 3.99. The fourth-order valence-corrected chi connectivity index (χ4v) is 2.78. The molecule has 0 bridgehead atoms. The van der Waals surface area contributed by atoms with Gasteiger partial charge >= 0.3 is 7.82 Å². The quantitative estimate of drug-likeness (QED) is 0.718. The van der Waals surface area contributed by atoms with Crippen molar-refractivity contribution in [1.82, 2.24) is 0 Å². The van der Waals surface area contributed by atoms with Crippen molar-refractivity contribution in [3.63, 3.8) is 0 Å². The van der Waals surface area contributed by atoms with Crippen molar-refractivity contribution >= 4 is 7.82 Å². The maximum Gasteiger partial charge on any atom is 0.475 e. The largest absolute Gasteiger partial charge is 0.475 e. The summed E-state index contributed by atoms with van der Waals surface area (Å²) in [5.41, 5.74) is 0.809. The van der Waals surface area contributed by atoms with E-state index in [9.17, 15) is 4.57 Å². The van der Waals surface area contributed by atoms with E-state index in [2.05, 4.69) is 0 Å². The van der Waals surface area contributed by atoms with Gasteiger partial charge in [0.05, 0.1) is 19.8 Å². The van der Waals surface area contributed by atoms with E-state index in [1.807, 2.05) is 6.07 Å². The summed E-state index contributed by atoms with van der Waals surface area (Å²) in [5, 5.41) is 0. The van der Waals surface area contributed by atoms with Gasteiger partial charge in [0.15, 0.2) is 11.5 Å². The molecule has 19 heavy (non-hydrogen) atoms. The van der Waals surface area contributed by atoms with E-state index >= 15 is 0 Å². The molecule has 1 aliphatic heterocycles. The van der Waals surface area contributed by atoms with Crippen molar-refractivity contribution in [1.29, 1.82) is 0 Å². The molecule has 0 saturated heterocycles. The van der Waals surface area contributed by atoms with Crippen LogP contribution in [-0.4, -0.2) is 20.0 Å². The molecule has 1 heterocycles. The number of rotatable bonds is 7. The average Bonchev–Trinajstić information content (AvgIpc) is 2.84. The summed E-state index contributed by atoms with van der Waals surface area (Å²) in [7, 11) is -3.48. The van der Waals surface area contributed by atoms with E-state index in [1.54, 1.807) is 26.0 Å². The maximum atomic E-state index is 12.1. The number of fused-ring (bicyclic) bond motifs is 1. The Morgan fingerprint density at radius 1 is 1.11 bits per heavy atom. The van der Waals surface area contributed by atoms with Crippen LogP contribution in [0.25, 0.3) is 0 Å². The van der Waals surface area contributed by atoms with Crippen LogP contribution < -0.4 is 9.47 Å². The minimum atomic E-state index is -3.48. The molecule has 0 amide bonds. The van der Waals surface area contributed by atoms with Gasteiger partial charge in [-0.15, -0.1) is 0 Å². The predicted molar refractivity (Wildman–Crippen MR) is 68.2 cm³/mol. The van der Waals surface area contributed by atoms with Gasteiger partial charge in [-0.1, -0.05) is 6.07 Å². The highest BCUT2D eigenvalue weighted by atomic mass is 31.2. The Labute approximate surface area is 112 Å². The molecule has 1 aromatic rings. The van der Waals surface area contributed by atoms with Crippen molar-refractivity contribution < 1.29 is 27.6 Å². The fraction of sp³-hybridized carbons (Fsp3) is 0.500. The third kappa shape index (κ3) is 3.70. The number of ether oxygens (including phenoxy) is 2. The van der Waals surface area contributed by atoms with Crippen LogP contribution in [-0.2, 0) is 24.7 Å². The van der Waals surface area contributed by atoms with Gasteiger partial charge in [0.2, 0.25) is 6.79 Å². The Balaban J connectivity index is 1.99. The molecule has 0 aliphatic carbocycles. The maximum absolute atomic E-state index is 12.1. The Morgan fingerprint density at radius 2 is 1.79 bits per heavy atom. The first-order valence-electron chi connectivity index (χ1n) is 6.09. The van der Waals surface area contributed by atoms with Crippen LogP contribution in [0.3, 0.4) is 0 Å². The molecular weight excluding hydrogens is 271 g/mol. The van der Waals surface area contributed by atoms with Crippen LogP contribution in [0.5, 0.6) is 11.5 Å². The second-order valence-corrected chi connectivity index (χ2v) is 5.41. The predicted octanol–water partition coefficient (Wildman–Crippen LogP) is 3.11. The van der Waals surface area contributed by atoms with Crippen LogP contribution in [0.1, 0.15) is 19.4 Å². The lowest BCUT2D eigenvalue weighted by Gasteiger charge is -2.16. The zero-order chi connectivity index (χ0) is 13.7.